The minimum absolute atomic E-state index is 0. The van der Waals surface area contributed by atoms with Crippen molar-refractivity contribution in [3.05, 3.63) is 53.8 Å². The number of sulfonamides is 1. The number of nitrogens with zero attached hydrogens (tertiary/aromatic N) is 5. The molecule has 0 spiro atoms. The monoisotopic (exact) mass is 599 g/mol. The van der Waals surface area contributed by atoms with E-state index in [1.807, 2.05) is 19.0 Å². The highest BCUT2D eigenvalue weighted by Crippen LogP contribution is 2.31. The van der Waals surface area contributed by atoms with Gasteiger partial charge in [0.2, 0.25) is 10.0 Å². The Morgan fingerprint density at radius 2 is 1.72 bits per heavy atom. The molecule has 2 amide bonds. The second kappa shape index (κ2) is 13.0. The van der Waals surface area contributed by atoms with Gasteiger partial charge in [-0.05, 0) is 57.4 Å². The number of thiazole rings is 1. The first-order valence-electron chi connectivity index (χ1n) is 12.2. The number of hydrogen-bond donors (Lipinski definition) is 0. The second-order valence-electron chi connectivity index (χ2n) is 8.96. The molecule has 0 atom stereocenters. The number of fused-ring (bicyclic) bond motifs is 1. The highest BCUT2D eigenvalue weighted by molar-refractivity contribution is 7.89. The van der Waals surface area contributed by atoms with Crippen molar-refractivity contribution in [2.45, 2.75) is 11.8 Å². The third-order valence-electron chi connectivity index (χ3n) is 6.11. The van der Waals surface area contributed by atoms with E-state index in [0.29, 0.717) is 22.9 Å². The van der Waals surface area contributed by atoms with Gasteiger partial charge in [-0.25, -0.2) is 22.6 Å². The summed E-state index contributed by atoms with van der Waals surface area (Å²) < 4.78 is 47.5. The number of likely N-dealkylation sites (N-methyl/N-ethyl adjacent to an activating group) is 1. The summed E-state index contributed by atoms with van der Waals surface area (Å²) in [5, 5.41) is 0.369. The van der Waals surface area contributed by atoms with E-state index in [1.54, 1.807) is 19.1 Å². The van der Waals surface area contributed by atoms with Crippen LogP contribution in [0.2, 0.25) is 0 Å². The van der Waals surface area contributed by atoms with E-state index in [0.717, 1.165) is 0 Å². The van der Waals surface area contributed by atoms with Crippen LogP contribution in [0.15, 0.2) is 47.4 Å². The van der Waals surface area contributed by atoms with Crippen LogP contribution in [0, 0.1) is 5.82 Å². The highest BCUT2D eigenvalue weighted by Gasteiger charge is 2.31. The SMILES string of the molecule is CCOC(=O)N1CCN(S(=O)(=O)c2ccc(C(=O)N(CCN(C)C)c3nc4c(F)cccc4s3)cc2)CC1.Cl. The Morgan fingerprint density at radius 1 is 1.05 bits per heavy atom. The zero-order valence-electron chi connectivity index (χ0n) is 21.9. The molecule has 39 heavy (non-hydrogen) atoms. The van der Waals surface area contributed by atoms with Gasteiger partial charge in [-0.15, -0.1) is 12.4 Å². The first-order valence-corrected chi connectivity index (χ1v) is 14.4. The number of benzene rings is 2. The smallest absolute Gasteiger partial charge is 0.409 e. The van der Waals surface area contributed by atoms with Gasteiger partial charge < -0.3 is 14.5 Å². The molecule has 0 unspecified atom stereocenters. The predicted molar refractivity (Wildman–Crippen MR) is 151 cm³/mol. The van der Waals surface area contributed by atoms with E-state index in [1.165, 1.54) is 55.8 Å². The Balaban J connectivity index is 0.00000420. The molecule has 2 heterocycles. The molecule has 0 saturated carbocycles. The number of piperazine rings is 1. The van der Waals surface area contributed by atoms with E-state index in [-0.39, 0.29) is 67.1 Å². The topological polar surface area (TPSA) is 103 Å². The van der Waals surface area contributed by atoms with Gasteiger partial charge in [0.1, 0.15) is 11.3 Å². The van der Waals surface area contributed by atoms with Gasteiger partial charge in [0, 0.05) is 44.8 Å². The van der Waals surface area contributed by atoms with Crippen molar-refractivity contribution in [1.29, 1.82) is 0 Å². The summed E-state index contributed by atoms with van der Waals surface area (Å²) in [5.74, 6) is -0.819. The third kappa shape index (κ3) is 6.84. The number of carbonyl (C=O) groups is 2. The second-order valence-corrected chi connectivity index (χ2v) is 11.9. The average Bonchev–Trinajstić information content (AvgIpc) is 3.34. The Bertz CT molecular complexity index is 1410. The standard InChI is InChI=1S/C25H30FN5O5S2.ClH/c1-4-36-25(33)29-13-15-30(16-14-29)38(34,35)19-10-8-18(9-11-19)23(32)31(17-12-28(2)3)24-27-22-20(26)6-5-7-21(22)37-24;/h5-11H,4,12-17H2,1-3H3;1H. The van der Waals surface area contributed by atoms with Crippen LogP contribution in [0.5, 0.6) is 0 Å². The van der Waals surface area contributed by atoms with Crippen molar-refractivity contribution in [1.82, 2.24) is 19.1 Å². The van der Waals surface area contributed by atoms with Crippen LogP contribution in [-0.4, -0.2) is 99.5 Å². The fourth-order valence-corrected chi connectivity index (χ4v) is 6.43. The first-order chi connectivity index (χ1) is 18.1. The van der Waals surface area contributed by atoms with Crippen molar-refractivity contribution in [2.24, 2.45) is 0 Å². The molecule has 0 N–H and O–H groups in total. The average molecular weight is 600 g/mol. The maximum absolute atomic E-state index is 14.3. The van der Waals surface area contributed by atoms with Crippen LogP contribution in [0.1, 0.15) is 17.3 Å². The molecule has 0 bridgehead atoms. The lowest BCUT2D eigenvalue weighted by Gasteiger charge is -2.33. The molecule has 0 radical (unpaired) electrons. The van der Waals surface area contributed by atoms with Crippen molar-refractivity contribution in [3.8, 4) is 0 Å². The van der Waals surface area contributed by atoms with Crippen molar-refractivity contribution < 1.29 is 27.1 Å². The molecule has 1 fully saturated rings. The van der Waals surface area contributed by atoms with Gasteiger partial charge >= 0.3 is 6.09 Å². The van der Waals surface area contributed by atoms with Crippen LogP contribution in [0.25, 0.3) is 10.2 Å². The maximum Gasteiger partial charge on any atom is 0.409 e. The van der Waals surface area contributed by atoms with E-state index in [4.69, 9.17) is 4.74 Å². The molecule has 1 aromatic heterocycles. The maximum atomic E-state index is 14.3. The molecule has 4 rings (SSSR count). The Labute approximate surface area is 237 Å². The quantitative estimate of drug-likeness (QED) is 0.390. The molecule has 3 aromatic rings. The summed E-state index contributed by atoms with van der Waals surface area (Å²) in [7, 11) is -0.0472. The molecule has 1 aliphatic rings. The van der Waals surface area contributed by atoms with Crippen LogP contribution >= 0.6 is 23.7 Å². The highest BCUT2D eigenvalue weighted by atomic mass is 35.5. The molecule has 10 nitrogen and oxygen atoms in total. The van der Waals surface area contributed by atoms with Crippen molar-refractivity contribution in [2.75, 3.05) is 64.9 Å². The van der Waals surface area contributed by atoms with E-state index >= 15 is 0 Å². The van der Waals surface area contributed by atoms with Gasteiger partial charge in [-0.1, -0.05) is 17.4 Å². The molecule has 14 heteroatoms. The molecule has 212 valence electrons. The largest absolute Gasteiger partial charge is 0.450 e. The number of aromatic nitrogens is 1. The Hall–Kier alpha value is -2.84. The number of carbonyl (C=O) groups excluding carboxylic acids is 2. The number of hydrogen-bond acceptors (Lipinski definition) is 8. The van der Waals surface area contributed by atoms with Gasteiger partial charge in [-0.2, -0.15) is 4.31 Å². The lowest BCUT2D eigenvalue weighted by Crippen LogP contribution is -2.50. The number of anilines is 1. The van der Waals surface area contributed by atoms with Gasteiger partial charge in [0.05, 0.1) is 16.2 Å². The first kappa shape index (κ1) is 30.7. The minimum atomic E-state index is -3.81. The molecule has 2 aromatic carbocycles. The van der Waals surface area contributed by atoms with Crippen molar-refractivity contribution in [3.63, 3.8) is 0 Å². The molecule has 1 saturated heterocycles. The summed E-state index contributed by atoms with van der Waals surface area (Å²) in [5.41, 5.74) is 0.495. The van der Waals surface area contributed by atoms with Crippen LogP contribution in [0.3, 0.4) is 0 Å². The van der Waals surface area contributed by atoms with Crippen molar-refractivity contribution >= 4 is 61.1 Å². The molecular formula is C25H31ClFN5O5S2. The van der Waals surface area contributed by atoms with Crippen LogP contribution in [-0.2, 0) is 14.8 Å². The zero-order valence-corrected chi connectivity index (χ0v) is 24.3. The lowest BCUT2D eigenvalue weighted by molar-refractivity contribution is 0.0933. The number of rotatable bonds is 8. The summed E-state index contributed by atoms with van der Waals surface area (Å²) in [6.45, 7) is 3.60. The zero-order chi connectivity index (χ0) is 27.4. The fourth-order valence-electron chi connectivity index (χ4n) is 4.00. The number of ether oxygens (including phenoxy) is 1. The molecule has 1 aliphatic heterocycles. The van der Waals surface area contributed by atoms with Gasteiger partial charge in [0.15, 0.2) is 5.13 Å². The summed E-state index contributed by atoms with van der Waals surface area (Å²) in [6.07, 6.45) is -0.456. The Morgan fingerprint density at radius 3 is 2.31 bits per heavy atom. The van der Waals surface area contributed by atoms with Crippen LogP contribution < -0.4 is 4.90 Å². The summed E-state index contributed by atoms with van der Waals surface area (Å²) in [4.78, 5) is 34.7. The van der Waals surface area contributed by atoms with E-state index in [2.05, 4.69) is 4.98 Å². The number of para-hydroxylation sites is 1. The van der Waals surface area contributed by atoms with Gasteiger partial charge in [0.25, 0.3) is 5.91 Å². The lowest BCUT2D eigenvalue weighted by atomic mass is 10.2. The number of amides is 2. The third-order valence-corrected chi connectivity index (χ3v) is 9.07. The fraction of sp³-hybridized carbons (Fsp3) is 0.400. The number of halogens is 2. The summed E-state index contributed by atoms with van der Waals surface area (Å²) in [6, 6.07) is 10.4. The van der Waals surface area contributed by atoms with E-state index in [9.17, 15) is 22.4 Å². The molecular weight excluding hydrogens is 569 g/mol. The summed E-state index contributed by atoms with van der Waals surface area (Å²) >= 11 is 1.22. The van der Waals surface area contributed by atoms with Gasteiger partial charge in [-0.3, -0.25) is 9.69 Å². The minimum Gasteiger partial charge on any atom is -0.450 e. The Kier molecular flexibility index (Phi) is 10.2. The molecule has 0 aliphatic carbocycles. The van der Waals surface area contributed by atoms with E-state index < -0.39 is 21.9 Å². The normalized spacial score (nSPS) is 14.3. The van der Waals surface area contributed by atoms with Crippen LogP contribution in [0.4, 0.5) is 14.3 Å². The predicted octanol–water partition coefficient (Wildman–Crippen LogP) is 3.53.